The molecule has 10 heteroatoms. The minimum atomic E-state index is -4.29. The molecule has 0 spiro atoms. The van der Waals surface area contributed by atoms with Crippen LogP contribution in [0.1, 0.15) is 62.4 Å². The molecule has 0 unspecified atom stereocenters. The van der Waals surface area contributed by atoms with Gasteiger partial charge in [0.05, 0.1) is 18.3 Å². The van der Waals surface area contributed by atoms with Gasteiger partial charge >= 0.3 is 22.1 Å². The zero-order valence-corrected chi connectivity index (χ0v) is 22.5. The summed E-state index contributed by atoms with van der Waals surface area (Å²) in [5.74, 6) is -0.618. The Kier molecular flexibility index (Phi) is 10.3. The van der Waals surface area contributed by atoms with Gasteiger partial charge in [-0.3, -0.25) is 0 Å². The standard InChI is InChI=1S/C27H36N2O7S/c1-4-5-16-35-26(30)24-10-6-7-11-25(24)37(32,33)36-22-14-12-21(13-15-22)18-29(27(31)28-20(2)3)19-23-9-8-17-34-23/h6-7,10-15,20,23H,4-5,8-9,16-19H2,1-3H3,(H,28,31)/t23-/m0/s1. The van der Waals surface area contributed by atoms with Gasteiger partial charge in [0.2, 0.25) is 0 Å². The SMILES string of the molecule is CCCCOC(=O)c1ccccc1S(=O)(=O)Oc1ccc(CN(C[C@@H]2CCCO2)C(=O)NC(C)C)cc1. The van der Waals surface area contributed by atoms with Gasteiger partial charge in [-0.1, -0.05) is 37.6 Å². The lowest BCUT2D eigenvalue weighted by Crippen LogP contribution is -2.45. The highest BCUT2D eigenvalue weighted by molar-refractivity contribution is 7.87. The van der Waals surface area contributed by atoms with Gasteiger partial charge in [-0.2, -0.15) is 8.42 Å². The van der Waals surface area contributed by atoms with Crippen LogP contribution in [-0.4, -0.2) is 57.2 Å². The quantitative estimate of drug-likeness (QED) is 0.243. The number of urea groups is 1. The monoisotopic (exact) mass is 532 g/mol. The van der Waals surface area contributed by atoms with E-state index in [0.29, 0.717) is 26.1 Å². The van der Waals surface area contributed by atoms with Crippen molar-refractivity contribution in [3.63, 3.8) is 0 Å². The van der Waals surface area contributed by atoms with Crippen LogP contribution in [0.2, 0.25) is 0 Å². The van der Waals surface area contributed by atoms with E-state index >= 15 is 0 Å². The topological polar surface area (TPSA) is 111 Å². The first-order valence-corrected chi connectivity index (χ1v) is 14.1. The number of hydrogen-bond acceptors (Lipinski definition) is 7. The van der Waals surface area contributed by atoms with Crippen LogP contribution in [0.25, 0.3) is 0 Å². The molecule has 0 aromatic heterocycles. The first kappa shape index (κ1) is 28.5. The molecule has 9 nitrogen and oxygen atoms in total. The second-order valence-corrected chi connectivity index (χ2v) is 10.8. The molecule has 2 aromatic rings. The number of esters is 1. The molecular formula is C27H36N2O7S. The summed E-state index contributed by atoms with van der Waals surface area (Å²) in [5.41, 5.74) is 0.734. The predicted molar refractivity (Wildman–Crippen MR) is 139 cm³/mol. The highest BCUT2D eigenvalue weighted by atomic mass is 32.2. The van der Waals surface area contributed by atoms with E-state index in [1.807, 2.05) is 20.8 Å². The first-order valence-electron chi connectivity index (χ1n) is 12.7. The number of amides is 2. The Hall–Kier alpha value is -3.11. The third-order valence-electron chi connectivity index (χ3n) is 5.76. The summed E-state index contributed by atoms with van der Waals surface area (Å²) in [4.78, 5) is 26.6. The summed E-state index contributed by atoms with van der Waals surface area (Å²) >= 11 is 0. The molecule has 1 aliphatic heterocycles. The summed E-state index contributed by atoms with van der Waals surface area (Å²) in [7, 11) is -4.29. The van der Waals surface area contributed by atoms with Crippen LogP contribution in [0.15, 0.2) is 53.4 Å². The fourth-order valence-corrected chi connectivity index (χ4v) is 4.99. The highest BCUT2D eigenvalue weighted by Gasteiger charge is 2.26. The molecule has 0 saturated carbocycles. The van der Waals surface area contributed by atoms with Gasteiger partial charge in [0.15, 0.2) is 0 Å². The minimum absolute atomic E-state index is 0.000562. The van der Waals surface area contributed by atoms with Crippen molar-refractivity contribution in [2.45, 2.75) is 70.0 Å². The number of ether oxygens (including phenoxy) is 2. The molecule has 1 aliphatic rings. The van der Waals surface area contributed by atoms with Crippen LogP contribution < -0.4 is 9.50 Å². The van der Waals surface area contributed by atoms with Crippen molar-refractivity contribution in [2.24, 2.45) is 0 Å². The van der Waals surface area contributed by atoms with Crippen LogP contribution >= 0.6 is 0 Å². The number of rotatable bonds is 12. The summed E-state index contributed by atoms with van der Waals surface area (Å²) < 4.78 is 42.2. The number of hydrogen-bond donors (Lipinski definition) is 1. The van der Waals surface area contributed by atoms with Crippen molar-refractivity contribution >= 4 is 22.1 Å². The molecule has 1 saturated heterocycles. The summed E-state index contributed by atoms with van der Waals surface area (Å²) in [6.45, 7) is 7.48. The normalized spacial score (nSPS) is 15.4. The molecule has 1 heterocycles. The number of unbranched alkanes of at least 4 members (excludes halogenated alkanes) is 1. The lowest BCUT2D eigenvalue weighted by Gasteiger charge is -2.27. The average molecular weight is 533 g/mol. The third-order valence-corrected chi connectivity index (χ3v) is 7.06. The van der Waals surface area contributed by atoms with Gasteiger partial charge in [0.25, 0.3) is 0 Å². The Labute approximate surface area is 219 Å². The van der Waals surface area contributed by atoms with E-state index in [-0.39, 0.29) is 41.0 Å². The predicted octanol–water partition coefficient (Wildman–Crippen LogP) is 4.51. The molecule has 1 atom stereocenters. The summed E-state index contributed by atoms with van der Waals surface area (Å²) in [5, 5.41) is 2.92. The van der Waals surface area contributed by atoms with Crippen molar-refractivity contribution in [3.05, 3.63) is 59.7 Å². The zero-order chi connectivity index (χ0) is 26.8. The van der Waals surface area contributed by atoms with Gasteiger partial charge in [-0.25, -0.2) is 9.59 Å². The molecule has 1 fully saturated rings. The van der Waals surface area contributed by atoms with E-state index in [9.17, 15) is 18.0 Å². The lowest BCUT2D eigenvalue weighted by atomic mass is 10.2. The Morgan fingerprint density at radius 3 is 2.51 bits per heavy atom. The van der Waals surface area contributed by atoms with Crippen molar-refractivity contribution in [3.8, 4) is 5.75 Å². The minimum Gasteiger partial charge on any atom is -0.462 e. The van der Waals surface area contributed by atoms with Gasteiger partial charge < -0.3 is 23.9 Å². The molecule has 2 amide bonds. The molecule has 2 aromatic carbocycles. The highest BCUT2D eigenvalue weighted by Crippen LogP contribution is 2.23. The number of nitrogens with zero attached hydrogens (tertiary/aromatic N) is 1. The number of benzene rings is 2. The van der Waals surface area contributed by atoms with Gasteiger partial charge in [0.1, 0.15) is 10.6 Å². The van der Waals surface area contributed by atoms with Crippen molar-refractivity contribution in [2.75, 3.05) is 19.8 Å². The summed E-state index contributed by atoms with van der Waals surface area (Å²) in [6, 6.07) is 12.1. The zero-order valence-electron chi connectivity index (χ0n) is 21.6. The second kappa shape index (κ2) is 13.4. The Bertz CT molecular complexity index is 1140. The molecule has 0 bridgehead atoms. The van der Waals surface area contributed by atoms with Crippen LogP contribution in [0.4, 0.5) is 4.79 Å². The Morgan fingerprint density at radius 1 is 1.14 bits per heavy atom. The van der Waals surface area contributed by atoms with Crippen LogP contribution in [0.5, 0.6) is 5.75 Å². The fourth-order valence-electron chi connectivity index (χ4n) is 3.87. The van der Waals surface area contributed by atoms with Crippen molar-refractivity contribution in [1.29, 1.82) is 0 Å². The average Bonchev–Trinajstić information content (AvgIpc) is 3.37. The van der Waals surface area contributed by atoms with Crippen LogP contribution in [0.3, 0.4) is 0 Å². The van der Waals surface area contributed by atoms with Crippen LogP contribution in [-0.2, 0) is 26.1 Å². The maximum atomic E-state index is 13.0. The van der Waals surface area contributed by atoms with Crippen LogP contribution in [0, 0.1) is 0 Å². The van der Waals surface area contributed by atoms with E-state index in [1.54, 1.807) is 23.1 Å². The van der Waals surface area contributed by atoms with E-state index in [2.05, 4.69) is 5.32 Å². The molecule has 0 radical (unpaired) electrons. The van der Waals surface area contributed by atoms with Gasteiger partial charge in [-0.05, 0) is 62.9 Å². The molecule has 3 rings (SSSR count). The largest absolute Gasteiger partial charge is 0.462 e. The second-order valence-electron chi connectivity index (χ2n) is 9.29. The number of carbonyl (C=O) groups excluding carboxylic acids is 2. The van der Waals surface area contributed by atoms with Crippen molar-refractivity contribution in [1.82, 2.24) is 10.2 Å². The molecule has 37 heavy (non-hydrogen) atoms. The lowest BCUT2D eigenvalue weighted by molar-refractivity contribution is 0.0495. The fraction of sp³-hybridized carbons (Fsp3) is 0.481. The van der Waals surface area contributed by atoms with E-state index in [4.69, 9.17) is 13.7 Å². The third kappa shape index (κ3) is 8.46. The van der Waals surface area contributed by atoms with E-state index in [1.165, 1.54) is 30.3 Å². The summed E-state index contributed by atoms with van der Waals surface area (Å²) in [6.07, 6.45) is 3.42. The molecular weight excluding hydrogens is 496 g/mol. The van der Waals surface area contributed by atoms with Gasteiger partial charge in [-0.15, -0.1) is 0 Å². The van der Waals surface area contributed by atoms with Crippen molar-refractivity contribution < 1.29 is 31.7 Å². The maximum absolute atomic E-state index is 13.0. The van der Waals surface area contributed by atoms with E-state index in [0.717, 1.165) is 24.8 Å². The molecule has 0 aliphatic carbocycles. The Balaban J connectivity index is 1.71. The van der Waals surface area contributed by atoms with E-state index < -0.39 is 16.1 Å². The maximum Gasteiger partial charge on any atom is 0.340 e. The Morgan fingerprint density at radius 2 is 1.86 bits per heavy atom. The molecule has 1 N–H and O–H groups in total. The smallest absolute Gasteiger partial charge is 0.340 e. The number of carbonyl (C=O) groups is 2. The first-order chi connectivity index (χ1) is 17.7. The van der Waals surface area contributed by atoms with Gasteiger partial charge in [0, 0.05) is 25.7 Å². The molecule has 202 valence electrons. The number of nitrogens with one attached hydrogen (secondary N) is 1.